The number of nitrogens with two attached hydrogens (primary N) is 1. The summed E-state index contributed by atoms with van der Waals surface area (Å²) in [6.45, 7) is 0. The van der Waals surface area contributed by atoms with Crippen LogP contribution in [0.3, 0.4) is 0 Å². The molecule has 0 radical (unpaired) electrons. The molecule has 0 aromatic carbocycles. The average molecular weight is 221 g/mol. The number of rotatable bonds is 2. The van der Waals surface area contributed by atoms with E-state index in [0.29, 0.717) is 0 Å². The standard InChI is InChI=1S/C7H6Cl2N2O2/c8-4-2-11-5(9)1-3(4)6(10)7(12)13/h1-2,6H,10H2,(H,12,13)/t6-/m0/s1. The lowest BCUT2D eigenvalue weighted by atomic mass is 10.1. The van der Waals surface area contributed by atoms with E-state index in [4.69, 9.17) is 34.0 Å². The first-order valence-electron chi connectivity index (χ1n) is 3.31. The number of hydrogen-bond acceptors (Lipinski definition) is 3. The quantitative estimate of drug-likeness (QED) is 0.741. The van der Waals surface area contributed by atoms with E-state index < -0.39 is 12.0 Å². The molecule has 13 heavy (non-hydrogen) atoms. The molecule has 1 heterocycles. The second-order valence-electron chi connectivity index (χ2n) is 2.34. The summed E-state index contributed by atoms with van der Waals surface area (Å²) in [5, 5.41) is 8.96. The van der Waals surface area contributed by atoms with Crippen LogP contribution < -0.4 is 5.73 Å². The molecule has 0 aliphatic heterocycles. The number of pyridine rings is 1. The summed E-state index contributed by atoms with van der Waals surface area (Å²) < 4.78 is 0. The molecule has 3 N–H and O–H groups in total. The van der Waals surface area contributed by atoms with Crippen molar-refractivity contribution in [3.05, 3.63) is 28.0 Å². The van der Waals surface area contributed by atoms with Crippen LogP contribution in [0.2, 0.25) is 10.2 Å². The van der Waals surface area contributed by atoms with Gasteiger partial charge in [0, 0.05) is 11.8 Å². The fourth-order valence-corrected chi connectivity index (χ4v) is 1.19. The van der Waals surface area contributed by atoms with Crippen LogP contribution in [-0.4, -0.2) is 16.1 Å². The summed E-state index contributed by atoms with van der Waals surface area (Å²) >= 11 is 11.2. The average Bonchev–Trinajstić information content (AvgIpc) is 2.08. The third kappa shape index (κ3) is 2.30. The Morgan fingerprint density at radius 1 is 1.62 bits per heavy atom. The molecular weight excluding hydrogens is 215 g/mol. The normalized spacial score (nSPS) is 12.5. The number of hydrogen-bond donors (Lipinski definition) is 2. The third-order valence-electron chi connectivity index (χ3n) is 1.45. The molecule has 0 spiro atoms. The molecule has 4 nitrogen and oxygen atoms in total. The highest BCUT2D eigenvalue weighted by molar-refractivity contribution is 6.33. The number of carboxylic acids is 1. The maximum absolute atomic E-state index is 10.5. The van der Waals surface area contributed by atoms with Gasteiger partial charge in [-0.15, -0.1) is 0 Å². The van der Waals surface area contributed by atoms with Crippen molar-refractivity contribution in [2.45, 2.75) is 6.04 Å². The van der Waals surface area contributed by atoms with Gasteiger partial charge in [0.1, 0.15) is 11.2 Å². The van der Waals surface area contributed by atoms with E-state index >= 15 is 0 Å². The molecule has 0 unspecified atom stereocenters. The van der Waals surface area contributed by atoms with Crippen LogP contribution in [-0.2, 0) is 4.79 Å². The highest BCUT2D eigenvalue weighted by atomic mass is 35.5. The minimum absolute atomic E-state index is 0.163. The van der Waals surface area contributed by atoms with E-state index in [0.717, 1.165) is 0 Å². The van der Waals surface area contributed by atoms with Crippen molar-refractivity contribution >= 4 is 29.2 Å². The van der Waals surface area contributed by atoms with Crippen molar-refractivity contribution in [1.29, 1.82) is 0 Å². The van der Waals surface area contributed by atoms with E-state index in [2.05, 4.69) is 4.98 Å². The third-order valence-corrected chi connectivity index (χ3v) is 1.98. The molecule has 1 rings (SSSR count). The van der Waals surface area contributed by atoms with Gasteiger partial charge in [0.25, 0.3) is 0 Å². The maximum Gasteiger partial charge on any atom is 0.325 e. The molecule has 1 atom stereocenters. The summed E-state index contributed by atoms with van der Waals surface area (Å²) in [5.41, 5.74) is 5.60. The Labute approximate surface area is 84.3 Å². The minimum atomic E-state index is -1.17. The zero-order valence-electron chi connectivity index (χ0n) is 6.37. The van der Waals surface area contributed by atoms with Crippen LogP contribution in [0.25, 0.3) is 0 Å². The van der Waals surface area contributed by atoms with Crippen LogP contribution in [0, 0.1) is 0 Å². The smallest absolute Gasteiger partial charge is 0.325 e. The summed E-state index contributed by atoms with van der Waals surface area (Å²) in [7, 11) is 0. The zero-order chi connectivity index (χ0) is 10.0. The van der Waals surface area contributed by atoms with Crippen molar-refractivity contribution in [1.82, 2.24) is 4.98 Å². The Morgan fingerprint density at radius 2 is 2.23 bits per heavy atom. The summed E-state index contributed by atoms with van der Waals surface area (Å²) in [6.07, 6.45) is 1.27. The summed E-state index contributed by atoms with van der Waals surface area (Å²) in [6, 6.07) is 0.163. The number of aromatic nitrogens is 1. The highest BCUT2D eigenvalue weighted by Gasteiger charge is 2.17. The van der Waals surface area contributed by atoms with Crippen molar-refractivity contribution < 1.29 is 9.90 Å². The molecule has 0 aliphatic carbocycles. The lowest BCUT2D eigenvalue weighted by Crippen LogP contribution is -2.21. The van der Waals surface area contributed by atoms with E-state index in [-0.39, 0.29) is 15.7 Å². The second kappa shape index (κ2) is 3.91. The van der Waals surface area contributed by atoms with E-state index in [9.17, 15) is 4.79 Å². The molecule has 0 amide bonds. The molecule has 0 aliphatic rings. The first-order valence-corrected chi connectivity index (χ1v) is 4.07. The van der Waals surface area contributed by atoms with Gasteiger partial charge in [-0.2, -0.15) is 0 Å². The van der Waals surface area contributed by atoms with Crippen LogP contribution in [0.15, 0.2) is 12.3 Å². The lowest BCUT2D eigenvalue weighted by Gasteiger charge is -2.08. The van der Waals surface area contributed by atoms with Gasteiger partial charge in [0.05, 0.1) is 5.02 Å². The zero-order valence-corrected chi connectivity index (χ0v) is 7.88. The largest absolute Gasteiger partial charge is 0.480 e. The first-order chi connectivity index (χ1) is 6.02. The van der Waals surface area contributed by atoms with Gasteiger partial charge in [-0.1, -0.05) is 23.2 Å². The van der Waals surface area contributed by atoms with Crippen LogP contribution in [0.4, 0.5) is 0 Å². The predicted molar refractivity (Wildman–Crippen MR) is 48.8 cm³/mol. The van der Waals surface area contributed by atoms with Gasteiger partial charge < -0.3 is 10.8 Å². The van der Waals surface area contributed by atoms with Crippen molar-refractivity contribution in [3.8, 4) is 0 Å². The lowest BCUT2D eigenvalue weighted by molar-refractivity contribution is -0.138. The molecule has 70 valence electrons. The fourth-order valence-electron chi connectivity index (χ4n) is 0.799. The predicted octanol–water partition coefficient (Wildman–Crippen LogP) is 1.47. The number of carboxylic acid groups (broad SMARTS) is 1. The van der Waals surface area contributed by atoms with Crippen molar-refractivity contribution in [2.75, 3.05) is 0 Å². The Kier molecular flexibility index (Phi) is 3.08. The van der Waals surface area contributed by atoms with Crippen molar-refractivity contribution in [2.24, 2.45) is 5.73 Å². The Bertz CT molecular complexity index is 343. The molecule has 0 saturated heterocycles. The molecule has 0 saturated carbocycles. The molecule has 1 aromatic heterocycles. The highest BCUT2D eigenvalue weighted by Crippen LogP contribution is 2.23. The molecule has 0 bridgehead atoms. The number of halogens is 2. The maximum atomic E-state index is 10.5. The Balaban J connectivity index is 3.12. The van der Waals surface area contributed by atoms with Gasteiger partial charge in [-0.3, -0.25) is 4.79 Å². The van der Waals surface area contributed by atoms with Crippen LogP contribution in [0.1, 0.15) is 11.6 Å². The topological polar surface area (TPSA) is 76.2 Å². The van der Waals surface area contributed by atoms with Crippen LogP contribution in [0.5, 0.6) is 0 Å². The summed E-state index contributed by atoms with van der Waals surface area (Å²) in [4.78, 5) is 14.2. The molecule has 1 aromatic rings. The Morgan fingerprint density at radius 3 is 2.77 bits per heavy atom. The van der Waals surface area contributed by atoms with Gasteiger partial charge >= 0.3 is 5.97 Å². The van der Waals surface area contributed by atoms with Crippen molar-refractivity contribution in [3.63, 3.8) is 0 Å². The van der Waals surface area contributed by atoms with Gasteiger partial charge in [-0.25, -0.2) is 4.98 Å². The van der Waals surface area contributed by atoms with E-state index in [1.54, 1.807) is 0 Å². The summed E-state index contributed by atoms with van der Waals surface area (Å²) in [5.74, 6) is -1.16. The first kappa shape index (κ1) is 10.2. The second-order valence-corrected chi connectivity index (χ2v) is 3.14. The van der Waals surface area contributed by atoms with E-state index in [1.807, 2.05) is 0 Å². The van der Waals surface area contributed by atoms with E-state index in [1.165, 1.54) is 12.3 Å². The van der Waals surface area contributed by atoms with Gasteiger partial charge in [0.2, 0.25) is 0 Å². The molecule has 0 fully saturated rings. The molecule has 6 heteroatoms. The minimum Gasteiger partial charge on any atom is -0.480 e. The Hall–Kier alpha value is -0.840. The van der Waals surface area contributed by atoms with Crippen LogP contribution >= 0.6 is 23.2 Å². The molecular formula is C7H6Cl2N2O2. The van der Waals surface area contributed by atoms with Gasteiger partial charge in [0.15, 0.2) is 0 Å². The number of nitrogens with zero attached hydrogens (tertiary/aromatic N) is 1. The number of carbonyl (C=O) groups is 1. The van der Waals surface area contributed by atoms with Gasteiger partial charge in [-0.05, 0) is 6.07 Å². The monoisotopic (exact) mass is 220 g/mol. The number of aliphatic carboxylic acids is 1. The fraction of sp³-hybridized carbons (Fsp3) is 0.143. The SMILES string of the molecule is N[C@H](C(=O)O)c1cc(Cl)ncc1Cl.